The summed E-state index contributed by atoms with van der Waals surface area (Å²) in [6, 6.07) is 8.69. The van der Waals surface area contributed by atoms with Crippen LogP contribution in [0.4, 0.5) is 0 Å². The predicted molar refractivity (Wildman–Crippen MR) is 81.4 cm³/mol. The summed E-state index contributed by atoms with van der Waals surface area (Å²) in [4.78, 5) is 16.1. The topological polar surface area (TPSA) is 53.4 Å². The molecule has 0 atom stereocenters. The van der Waals surface area contributed by atoms with Crippen LogP contribution in [0.3, 0.4) is 0 Å². The molecule has 0 unspecified atom stereocenters. The smallest absolute Gasteiger partial charge is 0.255 e. The van der Waals surface area contributed by atoms with Crippen molar-refractivity contribution < 1.29 is 9.47 Å². The van der Waals surface area contributed by atoms with Crippen LogP contribution in [-0.2, 0) is 13.0 Å². The summed E-state index contributed by atoms with van der Waals surface area (Å²) >= 11 is 5.80. The molecule has 0 fully saturated rings. The van der Waals surface area contributed by atoms with Gasteiger partial charge in [0, 0.05) is 12.5 Å². The fraction of sp³-hybridized carbons (Fsp3) is 0.333. The molecule has 21 heavy (non-hydrogen) atoms. The van der Waals surface area contributed by atoms with Gasteiger partial charge in [-0.25, -0.2) is 4.98 Å². The molecule has 0 aliphatic carbocycles. The Balaban J connectivity index is 2.09. The van der Waals surface area contributed by atoms with Crippen molar-refractivity contribution in [1.29, 1.82) is 0 Å². The quantitative estimate of drug-likeness (QED) is 0.770. The molecule has 2 rings (SSSR count). The molecule has 1 heterocycles. The van der Waals surface area contributed by atoms with Gasteiger partial charge in [0.25, 0.3) is 5.56 Å². The molecule has 0 saturated carbocycles. The molecule has 1 aromatic carbocycles. The highest BCUT2D eigenvalue weighted by Crippen LogP contribution is 2.25. The lowest BCUT2D eigenvalue weighted by molar-refractivity contribution is 0.276. The Kier molecular flexibility index (Phi) is 5.22. The number of methoxy groups -OCH3 is 1. The van der Waals surface area contributed by atoms with Gasteiger partial charge in [0.2, 0.25) is 0 Å². The molecule has 0 bridgehead atoms. The van der Waals surface area contributed by atoms with E-state index in [2.05, 4.69) is 4.98 Å². The van der Waals surface area contributed by atoms with Crippen molar-refractivity contribution in [2.24, 2.45) is 0 Å². The van der Waals surface area contributed by atoms with Gasteiger partial charge in [0.05, 0.1) is 13.7 Å². The lowest BCUT2D eigenvalue weighted by Crippen LogP contribution is -2.26. The molecular weight excluding hydrogens is 292 g/mol. The minimum Gasteiger partial charge on any atom is -0.493 e. The van der Waals surface area contributed by atoms with Crippen LogP contribution in [0.15, 0.2) is 35.1 Å². The highest BCUT2D eigenvalue weighted by Gasteiger charge is 2.07. The fourth-order valence-corrected chi connectivity index (χ4v) is 2.21. The van der Waals surface area contributed by atoms with Gasteiger partial charge in [0.15, 0.2) is 11.5 Å². The summed E-state index contributed by atoms with van der Waals surface area (Å²) in [6.07, 6.45) is 0.629. The third-order valence-corrected chi connectivity index (χ3v) is 3.21. The minimum atomic E-state index is -0.171. The molecule has 0 amide bonds. The van der Waals surface area contributed by atoms with Gasteiger partial charge in [-0.1, -0.05) is 30.7 Å². The van der Waals surface area contributed by atoms with Crippen molar-refractivity contribution in [2.75, 3.05) is 13.7 Å². The second kappa shape index (κ2) is 7.13. The summed E-state index contributed by atoms with van der Waals surface area (Å²) in [5.41, 5.74) is -0.171. The van der Waals surface area contributed by atoms with E-state index in [9.17, 15) is 4.79 Å². The van der Waals surface area contributed by atoms with Gasteiger partial charge in [-0.05, 0) is 12.1 Å². The van der Waals surface area contributed by atoms with Gasteiger partial charge >= 0.3 is 0 Å². The standard InChI is InChI=1S/C15H17ClN2O3/c1-3-14-17-13(16)10-15(19)18(14)8-9-21-12-7-5-4-6-11(12)20-2/h4-7,10H,3,8-9H2,1-2H3. The van der Waals surface area contributed by atoms with Crippen LogP contribution in [0.2, 0.25) is 5.15 Å². The number of hydrogen-bond donors (Lipinski definition) is 0. The van der Waals surface area contributed by atoms with E-state index in [4.69, 9.17) is 21.1 Å². The molecule has 0 saturated heterocycles. The lowest BCUT2D eigenvalue weighted by Gasteiger charge is -2.13. The zero-order valence-corrected chi connectivity index (χ0v) is 12.8. The van der Waals surface area contributed by atoms with Gasteiger partial charge in [-0.2, -0.15) is 0 Å². The molecule has 0 aliphatic heterocycles. The maximum absolute atomic E-state index is 11.9. The zero-order chi connectivity index (χ0) is 15.2. The number of aryl methyl sites for hydroxylation is 1. The molecule has 6 heteroatoms. The zero-order valence-electron chi connectivity index (χ0n) is 12.0. The van der Waals surface area contributed by atoms with Gasteiger partial charge in [0.1, 0.15) is 17.6 Å². The monoisotopic (exact) mass is 308 g/mol. The number of halogens is 1. The van der Waals surface area contributed by atoms with E-state index < -0.39 is 0 Å². The van der Waals surface area contributed by atoms with E-state index in [0.29, 0.717) is 36.9 Å². The van der Waals surface area contributed by atoms with Crippen LogP contribution < -0.4 is 15.0 Å². The maximum atomic E-state index is 11.9. The molecule has 0 radical (unpaired) electrons. The Labute approximate surface area is 128 Å². The number of rotatable bonds is 6. The number of benzene rings is 1. The first-order valence-corrected chi connectivity index (χ1v) is 7.05. The SMILES string of the molecule is CCc1nc(Cl)cc(=O)n1CCOc1ccccc1OC. The van der Waals surface area contributed by atoms with E-state index in [1.807, 2.05) is 31.2 Å². The number of para-hydroxylation sites is 2. The largest absolute Gasteiger partial charge is 0.493 e. The van der Waals surface area contributed by atoms with Crippen molar-refractivity contribution in [3.05, 3.63) is 51.7 Å². The number of nitrogens with zero attached hydrogens (tertiary/aromatic N) is 2. The van der Waals surface area contributed by atoms with Crippen molar-refractivity contribution in [3.8, 4) is 11.5 Å². The average Bonchev–Trinajstić information content (AvgIpc) is 2.49. The summed E-state index contributed by atoms with van der Waals surface area (Å²) < 4.78 is 12.5. The van der Waals surface area contributed by atoms with E-state index in [1.54, 1.807) is 11.7 Å². The summed E-state index contributed by atoms with van der Waals surface area (Å²) in [7, 11) is 1.59. The van der Waals surface area contributed by atoms with Crippen LogP contribution in [0.5, 0.6) is 11.5 Å². The van der Waals surface area contributed by atoms with Gasteiger partial charge < -0.3 is 9.47 Å². The highest BCUT2D eigenvalue weighted by molar-refractivity contribution is 6.29. The van der Waals surface area contributed by atoms with E-state index in [0.717, 1.165) is 0 Å². The first kappa shape index (κ1) is 15.4. The molecular formula is C15H17ClN2O3. The molecule has 0 aliphatic rings. The summed E-state index contributed by atoms with van der Waals surface area (Å²) in [6.45, 7) is 2.68. The first-order chi connectivity index (χ1) is 10.2. The van der Waals surface area contributed by atoms with E-state index in [1.165, 1.54) is 6.07 Å². The van der Waals surface area contributed by atoms with Crippen LogP contribution >= 0.6 is 11.6 Å². The summed E-state index contributed by atoms with van der Waals surface area (Å²) in [5, 5.41) is 0.221. The minimum absolute atomic E-state index is 0.171. The second-order valence-electron chi connectivity index (χ2n) is 4.34. The van der Waals surface area contributed by atoms with Crippen LogP contribution in [0, 0.1) is 0 Å². The summed E-state index contributed by atoms with van der Waals surface area (Å²) in [5.74, 6) is 1.96. The highest BCUT2D eigenvalue weighted by atomic mass is 35.5. The van der Waals surface area contributed by atoms with Crippen molar-refractivity contribution in [2.45, 2.75) is 19.9 Å². The Morgan fingerprint density at radius 1 is 1.29 bits per heavy atom. The van der Waals surface area contributed by atoms with Crippen molar-refractivity contribution >= 4 is 11.6 Å². The van der Waals surface area contributed by atoms with Gasteiger partial charge in [-0.15, -0.1) is 0 Å². The van der Waals surface area contributed by atoms with Crippen LogP contribution in [0.25, 0.3) is 0 Å². The lowest BCUT2D eigenvalue weighted by atomic mass is 10.3. The van der Waals surface area contributed by atoms with Crippen molar-refractivity contribution in [3.63, 3.8) is 0 Å². The number of ether oxygens (including phenoxy) is 2. The average molecular weight is 309 g/mol. The molecule has 0 spiro atoms. The fourth-order valence-electron chi connectivity index (χ4n) is 2.02. The molecule has 2 aromatic rings. The Morgan fingerprint density at radius 2 is 2.00 bits per heavy atom. The number of aromatic nitrogens is 2. The Morgan fingerprint density at radius 3 is 2.67 bits per heavy atom. The molecule has 1 aromatic heterocycles. The maximum Gasteiger partial charge on any atom is 0.255 e. The third kappa shape index (κ3) is 3.76. The van der Waals surface area contributed by atoms with Crippen molar-refractivity contribution in [1.82, 2.24) is 9.55 Å². The molecule has 5 nitrogen and oxygen atoms in total. The first-order valence-electron chi connectivity index (χ1n) is 6.67. The van der Waals surface area contributed by atoms with Crippen LogP contribution in [-0.4, -0.2) is 23.3 Å². The Hall–Kier alpha value is -2.01. The molecule has 0 N–H and O–H groups in total. The molecule has 112 valence electrons. The third-order valence-electron chi connectivity index (χ3n) is 3.01. The van der Waals surface area contributed by atoms with Crippen LogP contribution in [0.1, 0.15) is 12.7 Å². The predicted octanol–water partition coefficient (Wildman–Crippen LogP) is 2.55. The van der Waals surface area contributed by atoms with Gasteiger partial charge in [-0.3, -0.25) is 9.36 Å². The number of hydrogen-bond acceptors (Lipinski definition) is 4. The van der Waals surface area contributed by atoms with E-state index >= 15 is 0 Å². The normalized spacial score (nSPS) is 10.4. The van der Waals surface area contributed by atoms with E-state index in [-0.39, 0.29) is 10.7 Å². The second-order valence-corrected chi connectivity index (χ2v) is 4.73. The Bertz CT molecular complexity index is 670.